The molecular formula is C14H21N3O4S. The van der Waals surface area contributed by atoms with Gasteiger partial charge in [-0.15, -0.1) is 0 Å². The third kappa shape index (κ3) is 3.17. The smallest absolute Gasteiger partial charge is 0.254 e. The van der Waals surface area contributed by atoms with Crippen molar-refractivity contribution in [1.82, 2.24) is 15.1 Å². The van der Waals surface area contributed by atoms with E-state index in [2.05, 4.69) is 10.4 Å². The molecule has 0 saturated carbocycles. The first-order chi connectivity index (χ1) is 10.5. The number of carbonyl (C=O) groups excluding carboxylic acids is 1. The van der Waals surface area contributed by atoms with Crippen LogP contribution in [0.5, 0.6) is 0 Å². The van der Waals surface area contributed by atoms with Crippen molar-refractivity contribution in [3.63, 3.8) is 0 Å². The van der Waals surface area contributed by atoms with E-state index in [-0.39, 0.29) is 29.6 Å². The van der Waals surface area contributed by atoms with E-state index in [1.54, 1.807) is 11.6 Å². The first-order valence-electron chi connectivity index (χ1n) is 7.60. The van der Waals surface area contributed by atoms with E-state index in [1.165, 1.54) is 6.20 Å². The minimum atomic E-state index is -2.97. The molecule has 0 bridgehead atoms. The third-order valence-electron chi connectivity index (χ3n) is 4.36. The van der Waals surface area contributed by atoms with Crippen molar-refractivity contribution in [1.29, 1.82) is 0 Å². The van der Waals surface area contributed by atoms with E-state index < -0.39 is 9.84 Å². The Hall–Kier alpha value is -1.41. The zero-order chi connectivity index (χ0) is 15.7. The van der Waals surface area contributed by atoms with Gasteiger partial charge in [0, 0.05) is 18.8 Å². The van der Waals surface area contributed by atoms with Gasteiger partial charge < -0.3 is 10.1 Å². The van der Waals surface area contributed by atoms with Gasteiger partial charge in [-0.1, -0.05) is 0 Å². The van der Waals surface area contributed by atoms with Crippen LogP contribution in [0.25, 0.3) is 0 Å². The molecule has 7 nitrogen and oxygen atoms in total. The van der Waals surface area contributed by atoms with Crippen molar-refractivity contribution in [2.45, 2.75) is 38.3 Å². The minimum absolute atomic E-state index is 0.0966. The zero-order valence-electron chi connectivity index (χ0n) is 12.6. The predicted molar refractivity (Wildman–Crippen MR) is 80.6 cm³/mol. The van der Waals surface area contributed by atoms with Crippen LogP contribution in [0.15, 0.2) is 6.20 Å². The zero-order valence-corrected chi connectivity index (χ0v) is 13.4. The number of hydrogen-bond donors (Lipinski definition) is 1. The summed E-state index contributed by atoms with van der Waals surface area (Å²) in [6.45, 7) is 3.06. The SMILES string of the molecule is Cc1c(C(=O)NC[C@@H]2CCCO2)cnn1[C@H]1CCS(=O)(=O)C1. The number of carbonyl (C=O) groups is 1. The molecular weight excluding hydrogens is 306 g/mol. The van der Waals surface area contributed by atoms with Crippen molar-refractivity contribution in [3.05, 3.63) is 17.5 Å². The fraction of sp³-hybridized carbons (Fsp3) is 0.714. The Labute approximate surface area is 129 Å². The summed E-state index contributed by atoms with van der Waals surface area (Å²) in [6, 6.07) is -0.162. The molecule has 0 unspecified atom stereocenters. The lowest BCUT2D eigenvalue weighted by Gasteiger charge is -2.12. The molecule has 1 N–H and O–H groups in total. The monoisotopic (exact) mass is 327 g/mol. The van der Waals surface area contributed by atoms with Crippen molar-refractivity contribution in [2.24, 2.45) is 0 Å². The van der Waals surface area contributed by atoms with Gasteiger partial charge in [-0.2, -0.15) is 5.10 Å². The van der Waals surface area contributed by atoms with Gasteiger partial charge in [0.05, 0.1) is 35.4 Å². The van der Waals surface area contributed by atoms with Crippen LogP contribution in [0.4, 0.5) is 0 Å². The van der Waals surface area contributed by atoms with Crippen molar-refractivity contribution in [3.8, 4) is 0 Å². The fourth-order valence-electron chi connectivity index (χ4n) is 3.09. The molecule has 8 heteroatoms. The van der Waals surface area contributed by atoms with Crippen LogP contribution in [0.1, 0.15) is 41.4 Å². The van der Waals surface area contributed by atoms with Crippen LogP contribution in [0.2, 0.25) is 0 Å². The standard InChI is InChI=1S/C14H21N3O4S/c1-10-13(14(18)15-7-12-3-2-5-21-12)8-16-17(10)11-4-6-22(19,20)9-11/h8,11-12H,2-7,9H2,1H3,(H,15,18)/t11-,12-/m0/s1. The largest absolute Gasteiger partial charge is 0.376 e. The average Bonchev–Trinajstić information content (AvgIpc) is 3.16. The summed E-state index contributed by atoms with van der Waals surface area (Å²) in [4.78, 5) is 12.2. The molecule has 3 heterocycles. The first kappa shape index (κ1) is 15.5. The molecule has 1 amide bonds. The Morgan fingerprint density at radius 2 is 2.32 bits per heavy atom. The molecule has 0 spiro atoms. The summed E-state index contributed by atoms with van der Waals surface area (Å²) in [6.07, 6.45) is 4.18. The lowest BCUT2D eigenvalue weighted by Crippen LogP contribution is -2.32. The second-order valence-electron chi connectivity index (χ2n) is 5.99. The predicted octanol–water partition coefficient (Wildman–Crippen LogP) is 0.460. The number of aromatic nitrogens is 2. The summed E-state index contributed by atoms with van der Waals surface area (Å²) in [5.41, 5.74) is 1.22. The number of ether oxygens (including phenoxy) is 1. The molecule has 22 heavy (non-hydrogen) atoms. The highest BCUT2D eigenvalue weighted by molar-refractivity contribution is 7.91. The van der Waals surface area contributed by atoms with Crippen LogP contribution in [0, 0.1) is 6.92 Å². The minimum Gasteiger partial charge on any atom is -0.376 e. The maximum absolute atomic E-state index is 12.2. The molecule has 0 aliphatic carbocycles. The number of nitrogens with zero attached hydrogens (tertiary/aromatic N) is 2. The Balaban J connectivity index is 1.66. The lowest BCUT2D eigenvalue weighted by molar-refractivity contribution is 0.0857. The number of hydrogen-bond acceptors (Lipinski definition) is 5. The van der Waals surface area contributed by atoms with E-state index in [0.29, 0.717) is 24.2 Å². The summed E-state index contributed by atoms with van der Waals surface area (Å²) in [5, 5.41) is 7.09. The van der Waals surface area contributed by atoms with E-state index in [4.69, 9.17) is 4.74 Å². The van der Waals surface area contributed by atoms with Crippen LogP contribution < -0.4 is 5.32 Å². The Bertz CT molecular complexity index is 662. The van der Waals surface area contributed by atoms with Crippen molar-refractivity contribution >= 4 is 15.7 Å². The summed E-state index contributed by atoms with van der Waals surface area (Å²) < 4.78 is 30.3. The van der Waals surface area contributed by atoms with Crippen molar-refractivity contribution in [2.75, 3.05) is 24.7 Å². The van der Waals surface area contributed by atoms with Gasteiger partial charge in [0.2, 0.25) is 0 Å². The highest BCUT2D eigenvalue weighted by atomic mass is 32.2. The molecule has 1 aromatic heterocycles. The molecule has 2 aliphatic rings. The maximum atomic E-state index is 12.2. The molecule has 2 saturated heterocycles. The highest BCUT2D eigenvalue weighted by Gasteiger charge is 2.31. The van der Waals surface area contributed by atoms with Gasteiger partial charge in [-0.25, -0.2) is 8.42 Å². The van der Waals surface area contributed by atoms with Gasteiger partial charge in [0.1, 0.15) is 0 Å². The van der Waals surface area contributed by atoms with Crippen LogP contribution >= 0.6 is 0 Å². The molecule has 0 radical (unpaired) electrons. The molecule has 0 aromatic carbocycles. The van der Waals surface area contributed by atoms with E-state index >= 15 is 0 Å². The van der Waals surface area contributed by atoms with Gasteiger partial charge in [0.15, 0.2) is 9.84 Å². The average molecular weight is 327 g/mol. The third-order valence-corrected chi connectivity index (χ3v) is 6.11. The molecule has 122 valence electrons. The van der Waals surface area contributed by atoms with Gasteiger partial charge in [-0.05, 0) is 26.2 Å². The molecule has 2 atom stereocenters. The number of rotatable bonds is 4. The molecule has 1 aromatic rings. The van der Waals surface area contributed by atoms with Gasteiger partial charge in [-0.3, -0.25) is 9.48 Å². The molecule has 2 aliphatic heterocycles. The fourth-order valence-corrected chi connectivity index (χ4v) is 4.78. The molecule has 2 fully saturated rings. The Kier molecular flexibility index (Phi) is 4.22. The van der Waals surface area contributed by atoms with Gasteiger partial charge in [0.25, 0.3) is 5.91 Å². The normalized spacial score (nSPS) is 27.1. The number of amides is 1. The summed E-state index contributed by atoms with van der Waals surface area (Å²) >= 11 is 0. The van der Waals surface area contributed by atoms with Crippen LogP contribution in [-0.4, -0.2) is 54.9 Å². The van der Waals surface area contributed by atoms with E-state index in [0.717, 1.165) is 19.4 Å². The van der Waals surface area contributed by atoms with Gasteiger partial charge >= 0.3 is 0 Å². The number of nitrogens with one attached hydrogen (secondary N) is 1. The van der Waals surface area contributed by atoms with Crippen LogP contribution in [-0.2, 0) is 14.6 Å². The molecule has 3 rings (SSSR count). The summed E-state index contributed by atoms with van der Waals surface area (Å²) in [7, 11) is -2.97. The van der Waals surface area contributed by atoms with E-state index in [9.17, 15) is 13.2 Å². The van der Waals surface area contributed by atoms with E-state index in [1.807, 2.05) is 0 Å². The second kappa shape index (κ2) is 6.00. The van der Waals surface area contributed by atoms with Crippen molar-refractivity contribution < 1.29 is 17.9 Å². The first-order valence-corrected chi connectivity index (χ1v) is 9.43. The lowest BCUT2D eigenvalue weighted by atomic mass is 10.2. The second-order valence-corrected chi connectivity index (χ2v) is 8.22. The Morgan fingerprint density at radius 1 is 1.50 bits per heavy atom. The Morgan fingerprint density at radius 3 is 2.95 bits per heavy atom. The topological polar surface area (TPSA) is 90.3 Å². The summed E-state index contributed by atoms with van der Waals surface area (Å²) in [5.74, 6) is 0.115. The number of sulfone groups is 1. The maximum Gasteiger partial charge on any atom is 0.254 e. The van der Waals surface area contributed by atoms with Crippen LogP contribution in [0.3, 0.4) is 0 Å². The highest BCUT2D eigenvalue weighted by Crippen LogP contribution is 2.25. The quantitative estimate of drug-likeness (QED) is 0.867.